The Kier molecular flexibility index (Phi) is 13.5. The Morgan fingerprint density at radius 1 is 0.864 bits per heavy atom. The summed E-state index contributed by atoms with van der Waals surface area (Å²) in [4.78, 5) is 12.9. The predicted molar refractivity (Wildman–Crippen MR) is 187 cm³/mol. The van der Waals surface area contributed by atoms with Gasteiger partial charge in [-0.15, -0.1) is 0 Å². The van der Waals surface area contributed by atoms with Crippen molar-refractivity contribution < 1.29 is 4.74 Å². The fourth-order valence-electron chi connectivity index (χ4n) is 6.67. The topological polar surface area (TPSA) is 31.3 Å². The summed E-state index contributed by atoms with van der Waals surface area (Å²) in [6, 6.07) is 31.2. The molecule has 5 heteroatoms. The predicted octanol–water partition coefficient (Wildman–Crippen LogP) is 8.28. The molecule has 0 N–H and O–H groups in total. The maximum Gasteiger partial charge on any atom is 0.102 e. The molecule has 2 aliphatic rings. The van der Waals surface area contributed by atoms with Crippen LogP contribution in [0.15, 0.2) is 89.9 Å². The first-order valence-electron chi connectivity index (χ1n) is 17.0. The zero-order valence-corrected chi connectivity index (χ0v) is 28.0. The van der Waals surface area contributed by atoms with E-state index in [0.29, 0.717) is 6.04 Å². The highest BCUT2D eigenvalue weighted by Crippen LogP contribution is 2.41. The van der Waals surface area contributed by atoms with E-state index in [1.807, 2.05) is 6.92 Å². The molecule has 5 nitrogen and oxygen atoms in total. The number of likely N-dealkylation sites (tertiary alicyclic amines) is 1. The molecular weight excluding hydrogens is 540 g/mol. The Morgan fingerprint density at radius 3 is 2.25 bits per heavy atom. The van der Waals surface area contributed by atoms with Gasteiger partial charge in [-0.2, -0.15) is 0 Å². The summed E-state index contributed by atoms with van der Waals surface area (Å²) >= 11 is 0. The first-order chi connectivity index (χ1) is 21.5. The Hall–Kier alpha value is -2.99. The van der Waals surface area contributed by atoms with Crippen molar-refractivity contribution in [2.45, 2.75) is 71.8 Å². The van der Waals surface area contributed by atoms with Gasteiger partial charge in [0.15, 0.2) is 0 Å². The van der Waals surface area contributed by atoms with Crippen LogP contribution in [0.5, 0.6) is 0 Å². The molecule has 2 unspecified atom stereocenters. The standard InChI is InChI=1S/C34H44N4.C5H12O/c1-28-13-10-11-18-33(28)35-30(3)37-22-12-21-36(25-26-37)23-19-34(32-16-8-5-9-17-32)20-24-38(27-34)29(2)31-14-6-4-7-15-31;1-3-5-6-4-2/h4-11,13-18,29H,12,19-27H2,1-3H3;3-5H2,1-2H3. The van der Waals surface area contributed by atoms with Crippen LogP contribution < -0.4 is 0 Å². The van der Waals surface area contributed by atoms with Crippen LogP contribution >= 0.6 is 0 Å². The molecule has 238 valence electrons. The van der Waals surface area contributed by atoms with E-state index < -0.39 is 0 Å². The number of amidine groups is 1. The van der Waals surface area contributed by atoms with Crippen molar-refractivity contribution in [3.8, 4) is 0 Å². The lowest BCUT2D eigenvalue weighted by Gasteiger charge is -2.34. The zero-order valence-electron chi connectivity index (χ0n) is 28.0. The highest BCUT2D eigenvalue weighted by molar-refractivity contribution is 5.83. The van der Waals surface area contributed by atoms with E-state index in [9.17, 15) is 0 Å². The van der Waals surface area contributed by atoms with Gasteiger partial charge in [0.05, 0.1) is 5.69 Å². The summed E-state index contributed by atoms with van der Waals surface area (Å²) in [5, 5.41) is 0. The third-order valence-electron chi connectivity index (χ3n) is 9.50. The van der Waals surface area contributed by atoms with E-state index in [0.717, 1.165) is 70.4 Å². The van der Waals surface area contributed by atoms with Gasteiger partial charge in [-0.05, 0) is 95.8 Å². The minimum absolute atomic E-state index is 0.221. The van der Waals surface area contributed by atoms with Crippen molar-refractivity contribution in [3.63, 3.8) is 0 Å². The monoisotopic (exact) mass is 596 g/mol. The van der Waals surface area contributed by atoms with Crippen molar-refractivity contribution in [3.05, 3.63) is 102 Å². The second-order valence-electron chi connectivity index (χ2n) is 12.5. The second-order valence-corrected chi connectivity index (χ2v) is 12.5. The maximum absolute atomic E-state index is 4.98. The van der Waals surface area contributed by atoms with Crippen LogP contribution in [0.1, 0.15) is 76.1 Å². The van der Waals surface area contributed by atoms with Gasteiger partial charge in [0.1, 0.15) is 5.84 Å². The van der Waals surface area contributed by atoms with Gasteiger partial charge in [0.25, 0.3) is 0 Å². The fraction of sp³-hybridized carbons (Fsp3) is 0.513. The molecule has 0 amide bonds. The Balaban J connectivity index is 0.000000670. The summed E-state index contributed by atoms with van der Waals surface area (Å²) in [6.07, 6.45) is 4.77. The SMILES string of the molecule is CC(=Nc1ccccc1C)N1CCCN(CCC2(c3ccccc3)CCN(C(C)c3ccccc3)C2)CC1.CCCOCC. The van der Waals surface area contributed by atoms with E-state index >= 15 is 0 Å². The molecule has 0 spiro atoms. The van der Waals surface area contributed by atoms with Crippen LogP contribution in [0.4, 0.5) is 5.69 Å². The molecule has 3 aromatic rings. The number of benzene rings is 3. The number of hydrogen-bond acceptors (Lipinski definition) is 4. The van der Waals surface area contributed by atoms with Gasteiger partial charge < -0.3 is 14.5 Å². The van der Waals surface area contributed by atoms with Gasteiger partial charge in [0.2, 0.25) is 0 Å². The van der Waals surface area contributed by atoms with E-state index in [4.69, 9.17) is 9.73 Å². The summed E-state index contributed by atoms with van der Waals surface area (Å²) in [5.41, 5.74) is 5.48. The lowest BCUT2D eigenvalue weighted by Crippen LogP contribution is -2.38. The van der Waals surface area contributed by atoms with Crippen molar-refractivity contribution >= 4 is 11.5 Å². The molecule has 5 rings (SSSR count). The van der Waals surface area contributed by atoms with Crippen molar-refractivity contribution in [1.82, 2.24) is 14.7 Å². The molecule has 2 atom stereocenters. The number of hydrogen-bond donors (Lipinski definition) is 0. The Bertz CT molecular complexity index is 1260. The normalized spacial score (nSPS) is 20.6. The van der Waals surface area contributed by atoms with Gasteiger partial charge in [-0.25, -0.2) is 4.99 Å². The summed E-state index contributed by atoms with van der Waals surface area (Å²) in [7, 11) is 0. The summed E-state index contributed by atoms with van der Waals surface area (Å²) in [5.74, 6) is 1.14. The molecule has 0 saturated carbocycles. The molecule has 0 aliphatic carbocycles. The molecule has 2 aliphatic heterocycles. The average molecular weight is 597 g/mol. The molecule has 2 heterocycles. The second kappa shape index (κ2) is 17.5. The summed E-state index contributed by atoms with van der Waals surface area (Å²) < 4.78 is 4.98. The van der Waals surface area contributed by atoms with Crippen molar-refractivity contribution in [1.29, 1.82) is 0 Å². The van der Waals surface area contributed by atoms with E-state index in [2.05, 4.69) is 127 Å². The maximum atomic E-state index is 4.98. The molecule has 0 radical (unpaired) electrons. The molecule has 3 aromatic carbocycles. The van der Waals surface area contributed by atoms with Crippen LogP contribution in [-0.4, -0.2) is 79.6 Å². The third kappa shape index (κ3) is 9.50. The average Bonchev–Trinajstić information content (AvgIpc) is 3.36. The molecule has 44 heavy (non-hydrogen) atoms. The van der Waals surface area contributed by atoms with Crippen LogP contribution in [0.25, 0.3) is 0 Å². The van der Waals surface area contributed by atoms with Crippen LogP contribution in [0.2, 0.25) is 0 Å². The van der Waals surface area contributed by atoms with E-state index in [1.54, 1.807) is 0 Å². The number of para-hydroxylation sites is 1. The first-order valence-corrected chi connectivity index (χ1v) is 17.0. The Labute approximate surface area is 267 Å². The lowest BCUT2D eigenvalue weighted by atomic mass is 9.76. The van der Waals surface area contributed by atoms with Gasteiger partial charge in [0, 0.05) is 50.8 Å². The van der Waals surface area contributed by atoms with Crippen LogP contribution in [-0.2, 0) is 10.2 Å². The summed E-state index contributed by atoms with van der Waals surface area (Å²) in [6.45, 7) is 20.4. The number of aryl methyl sites for hydroxylation is 1. The highest BCUT2D eigenvalue weighted by Gasteiger charge is 2.41. The third-order valence-corrected chi connectivity index (χ3v) is 9.50. The lowest BCUT2D eigenvalue weighted by molar-refractivity contribution is 0.148. The van der Waals surface area contributed by atoms with Crippen LogP contribution in [0.3, 0.4) is 0 Å². The number of aliphatic imine (C=N–C) groups is 1. The zero-order chi connectivity index (χ0) is 31.2. The number of rotatable bonds is 10. The Morgan fingerprint density at radius 2 is 1.57 bits per heavy atom. The fourth-order valence-corrected chi connectivity index (χ4v) is 6.67. The first kappa shape index (κ1) is 33.9. The molecule has 0 bridgehead atoms. The van der Waals surface area contributed by atoms with E-state index in [-0.39, 0.29) is 5.41 Å². The van der Waals surface area contributed by atoms with Gasteiger partial charge >= 0.3 is 0 Å². The quantitative estimate of drug-likeness (QED) is 0.134. The van der Waals surface area contributed by atoms with Gasteiger partial charge in [-0.3, -0.25) is 4.90 Å². The highest BCUT2D eigenvalue weighted by atomic mass is 16.5. The smallest absolute Gasteiger partial charge is 0.102 e. The van der Waals surface area contributed by atoms with Gasteiger partial charge in [-0.1, -0.05) is 85.8 Å². The molecule has 2 saturated heterocycles. The molecule has 2 fully saturated rings. The largest absolute Gasteiger partial charge is 0.382 e. The minimum Gasteiger partial charge on any atom is -0.382 e. The van der Waals surface area contributed by atoms with E-state index in [1.165, 1.54) is 42.5 Å². The van der Waals surface area contributed by atoms with Crippen molar-refractivity contribution in [2.75, 3.05) is 59.0 Å². The number of ether oxygens (including phenoxy) is 1. The van der Waals surface area contributed by atoms with Crippen molar-refractivity contribution in [2.24, 2.45) is 4.99 Å². The molecular formula is C39H56N4O. The van der Waals surface area contributed by atoms with Crippen LogP contribution in [0, 0.1) is 6.92 Å². The minimum atomic E-state index is 0.221. The molecule has 0 aromatic heterocycles. The number of nitrogens with zero attached hydrogens (tertiary/aromatic N) is 4.